The predicted molar refractivity (Wildman–Crippen MR) is 95.7 cm³/mol. The molecule has 3 rings (SSSR count). The van der Waals surface area contributed by atoms with E-state index < -0.39 is 6.10 Å². The molecular weight excluding hydrogens is 326 g/mol. The maximum absolute atomic E-state index is 10.4. The molecule has 5 heteroatoms. The number of nitrogens with zero attached hydrogens (tertiary/aromatic N) is 1. The Balaban J connectivity index is 1.69. The van der Waals surface area contributed by atoms with Crippen LogP contribution in [-0.2, 0) is 4.74 Å². The maximum Gasteiger partial charge on any atom is 0.137 e. The molecular formula is C19H22ClNO3. The second-order valence-corrected chi connectivity index (χ2v) is 6.31. The SMILES string of the molecule is COc1ccc(-c2ccc([C@H](O)CN3CCOCC3)cc2)cc1Cl. The second-order valence-electron chi connectivity index (χ2n) is 5.90. The van der Waals surface area contributed by atoms with E-state index in [9.17, 15) is 5.11 Å². The van der Waals surface area contributed by atoms with Gasteiger partial charge in [0.15, 0.2) is 0 Å². The van der Waals surface area contributed by atoms with Crippen LogP contribution in [0.5, 0.6) is 5.75 Å². The molecule has 1 N–H and O–H groups in total. The summed E-state index contributed by atoms with van der Waals surface area (Å²) in [5, 5.41) is 11.0. The Morgan fingerprint density at radius 2 is 1.79 bits per heavy atom. The first-order chi connectivity index (χ1) is 11.7. The van der Waals surface area contributed by atoms with Crippen molar-refractivity contribution in [3.8, 4) is 16.9 Å². The molecule has 24 heavy (non-hydrogen) atoms. The summed E-state index contributed by atoms with van der Waals surface area (Å²) in [4.78, 5) is 2.23. The number of methoxy groups -OCH3 is 1. The fourth-order valence-corrected chi connectivity index (χ4v) is 3.14. The van der Waals surface area contributed by atoms with Crippen molar-refractivity contribution in [3.63, 3.8) is 0 Å². The van der Waals surface area contributed by atoms with Crippen molar-refractivity contribution < 1.29 is 14.6 Å². The summed E-state index contributed by atoms with van der Waals surface area (Å²) in [6.07, 6.45) is -0.489. The van der Waals surface area contributed by atoms with E-state index in [1.165, 1.54) is 0 Å². The maximum atomic E-state index is 10.4. The van der Waals surface area contributed by atoms with Crippen LogP contribution < -0.4 is 4.74 Å². The van der Waals surface area contributed by atoms with Gasteiger partial charge in [-0.25, -0.2) is 0 Å². The number of halogens is 1. The van der Waals surface area contributed by atoms with Crippen molar-refractivity contribution in [1.29, 1.82) is 0 Å². The summed E-state index contributed by atoms with van der Waals surface area (Å²) in [6, 6.07) is 13.7. The number of hydrogen-bond acceptors (Lipinski definition) is 4. The minimum atomic E-state index is -0.489. The molecule has 0 amide bonds. The molecule has 0 aliphatic carbocycles. The Kier molecular flexibility index (Phi) is 5.74. The standard InChI is InChI=1S/C19H22ClNO3/c1-23-19-7-6-16(12-17(19)20)14-2-4-15(5-3-14)18(22)13-21-8-10-24-11-9-21/h2-7,12,18,22H,8-11,13H2,1H3/t18-/m1/s1. The second kappa shape index (κ2) is 7.99. The van der Waals surface area contributed by atoms with Gasteiger partial charge in [0.25, 0.3) is 0 Å². The average molecular weight is 348 g/mol. The van der Waals surface area contributed by atoms with Gasteiger partial charge in [0.05, 0.1) is 31.5 Å². The van der Waals surface area contributed by atoms with E-state index in [2.05, 4.69) is 4.90 Å². The van der Waals surface area contributed by atoms with Crippen molar-refractivity contribution in [2.24, 2.45) is 0 Å². The van der Waals surface area contributed by atoms with Crippen LogP contribution in [0.2, 0.25) is 5.02 Å². The van der Waals surface area contributed by atoms with Crippen molar-refractivity contribution in [2.75, 3.05) is 40.0 Å². The molecule has 0 saturated carbocycles. The van der Waals surface area contributed by atoms with Gasteiger partial charge in [0.2, 0.25) is 0 Å². The minimum Gasteiger partial charge on any atom is -0.495 e. The monoisotopic (exact) mass is 347 g/mol. The fraction of sp³-hybridized carbons (Fsp3) is 0.368. The van der Waals surface area contributed by atoms with E-state index in [-0.39, 0.29) is 0 Å². The topological polar surface area (TPSA) is 41.9 Å². The first kappa shape index (κ1) is 17.2. The van der Waals surface area contributed by atoms with Crippen molar-refractivity contribution in [1.82, 2.24) is 4.90 Å². The lowest BCUT2D eigenvalue weighted by molar-refractivity contribution is 0.0143. The number of rotatable bonds is 5. The van der Waals surface area contributed by atoms with Gasteiger partial charge in [-0.15, -0.1) is 0 Å². The third-order valence-corrected chi connectivity index (χ3v) is 4.61. The highest BCUT2D eigenvalue weighted by atomic mass is 35.5. The zero-order chi connectivity index (χ0) is 16.9. The first-order valence-electron chi connectivity index (χ1n) is 8.09. The molecule has 1 heterocycles. The number of benzene rings is 2. The highest BCUT2D eigenvalue weighted by Gasteiger charge is 2.16. The first-order valence-corrected chi connectivity index (χ1v) is 8.47. The smallest absolute Gasteiger partial charge is 0.137 e. The predicted octanol–water partition coefficient (Wildman–Crippen LogP) is 3.38. The summed E-state index contributed by atoms with van der Waals surface area (Å²) >= 11 is 6.19. The van der Waals surface area contributed by atoms with Crippen LogP contribution in [-0.4, -0.2) is 50.0 Å². The van der Waals surface area contributed by atoms with E-state index in [0.29, 0.717) is 17.3 Å². The van der Waals surface area contributed by atoms with Gasteiger partial charge >= 0.3 is 0 Å². The van der Waals surface area contributed by atoms with Crippen LogP contribution in [0.1, 0.15) is 11.7 Å². The van der Waals surface area contributed by atoms with E-state index in [1.807, 2.05) is 42.5 Å². The molecule has 128 valence electrons. The molecule has 0 unspecified atom stereocenters. The third kappa shape index (κ3) is 4.08. The lowest BCUT2D eigenvalue weighted by atomic mass is 10.0. The number of aliphatic hydroxyl groups excluding tert-OH is 1. The highest BCUT2D eigenvalue weighted by Crippen LogP contribution is 2.30. The summed E-state index contributed by atoms with van der Waals surface area (Å²) in [7, 11) is 1.60. The lowest BCUT2D eigenvalue weighted by Crippen LogP contribution is -2.38. The molecule has 0 spiro atoms. The van der Waals surface area contributed by atoms with Crippen LogP contribution >= 0.6 is 11.6 Å². The minimum absolute atomic E-state index is 0.489. The molecule has 4 nitrogen and oxygen atoms in total. The molecule has 1 aliphatic heterocycles. The lowest BCUT2D eigenvalue weighted by Gasteiger charge is -2.28. The van der Waals surface area contributed by atoms with E-state index in [1.54, 1.807) is 7.11 Å². The largest absolute Gasteiger partial charge is 0.495 e. The van der Waals surface area contributed by atoms with Gasteiger partial charge in [-0.2, -0.15) is 0 Å². The Hall–Kier alpha value is -1.59. The van der Waals surface area contributed by atoms with E-state index in [0.717, 1.165) is 43.0 Å². The van der Waals surface area contributed by atoms with Gasteiger partial charge in [-0.3, -0.25) is 4.90 Å². The molecule has 1 aliphatic rings. The molecule has 2 aromatic carbocycles. The van der Waals surface area contributed by atoms with Gasteiger partial charge in [-0.05, 0) is 28.8 Å². The molecule has 0 radical (unpaired) electrons. The Bertz CT molecular complexity index is 669. The van der Waals surface area contributed by atoms with E-state index >= 15 is 0 Å². The summed E-state index contributed by atoms with van der Waals surface area (Å²) in [5.41, 5.74) is 3.00. The third-order valence-electron chi connectivity index (χ3n) is 4.32. The number of morpholine rings is 1. The zero-order valence-corrected chi connectivity index (χ0v) is 14.5. The Morgan fingerprint density at radius 3 is 2.42 bits per heavy atom. The number of β-amino-alcohol motifs (C(OH)–C–C–N with tert-alkyl or cyclic N) is 1. The summed E-state index contributed by atoms with van der Waals surface area (Å²) < 4.78 is 10.5. The fourth-order valence-electron chi connectivity index (χ4n) is 2.88. The van der Waals surface area contributed by atoms with E-state index in [4.69, 9.17) is 21.1 Å². The molecule has 1 atom stereocenters. The normalized spacial score (nSPS) is 16.8. The number of ether oxygens (including phenoxy) is 2. The Morgan fingerprint density at radius 1 is 1.12 bits per heavy atom. The molecule has 0 aromatic heterocycles. The quantitative estimate of drug-likeness (QED) is 0.900. The summed E-state index contributed by atoms with van der Waals surface area (Å²) in [6.45, 7) is 3.86. The Labute approximate surface area is 147 Å². The molecule has 0 bridgehead atoms. The van der Waals surface area contributed by atoms with Crippen molar-refractivity contribution in [3.05, 3.63) is 53.1 Å². The zero-order valence-electron chi connectivity index (χ0n) is 13.7. The van der Waals surface area contributed by atoms with Crippen LogP contribution in [0.15, 0.2) is 42.5 Å². The van der Waals surface area contributed by atoms with Gasteiger partial charge in [-0.1, -0.05) is 41.9 Å². The van der Waals surface area contributed by atoms with Gasteiger partial charge < -0.3 is 14.6 Å². The average Bonchev–Trinajstić information content (AvgIpc) is 2.62. The molecule has 1 fully saturated rings. The molecule has 2 aromatic rings. The van der Waals surface area contributed by atoms with Gasteiger partial charge in [0, 0.05) is 19.6 Å². The van der Waals surface area contributed by atoms with Crippen molar-refractivity contribution >= 4 is 11.6 Å². The van der Waals surface area contributed by atoms with Crippen LogP contribution in [0.4, 0.5) is 0 Å². The summed E-state index contributed by atoms with van der Waals surface area (Å²) in [5.74, 6) is 0.665. The highest BCUT2D eigenvalue weighted by molar-refractivity contribution is 6.32. The number of aliphatic hydroxyl groups is 1. The molecule has 1 saturated heterocycles. The number of hydrogen-bond donors (Lipinski definition) is 1. The van der Waals surface area contributed by atoms with Crippen LogP contribution in [0.3, 0.4) is 0 Å². The van der Waals surface area contributed by atoms with Crippen molar-refractivity contribution in [2.45, 2.75) is 6.10 Å². The van der Waals surface area contributed by atoms with Crippen LogP contribution in [0.25, 0.3) is 11.1 Å². The van der Waals surface area contributed by atoms with Gasteiger partial charge in [0.1, 0.15) is 5.75 Å². The van der Waals surface area contributed by atoms with Crippen LogP contribution in [0, 0.1) is 0 Å².